The summed E-state index contributed by atoms with van der Waals surface area (Å²) < 4.78 is 3.32. The zero-order valence-corrected chi connectivity index (χ0v) is 13.3. The average Bonchev–Trinajstić information content (AvgIpc) is 2.79. The van der Waals surface area contributed by atoms with Crippen molar-refractivity contribution < 1.29 is 14.5 Å². The number of para-hydroxylation sites is 1. The van der Waals surface area contributed by atoms with Crippen molar-refractivity contribution in [3.05, 3.63) is 47.5 Å². The second kappa shape index (κ2) is 5.72. The number of aryl methyl sites for hydroxylation is 1. The number of aromatic nitrogens is 2. The first-order chi connectivity index (χ1) is 9.84. The van der Waals surface area contributed by atoms with Crippen molar-refractivity contribution in [2.45, 2.75) is 39.5 Å². The van der Waals surface area contributed by atoms with E-state index in [9.17, 15) is 9.90 Å². The molecule has 2 rings (SSSR count). The van der Waals surface area contributed by atoms with Gasteiger partial charge >= 0.3 is 5.82 Å². The third-order valence-corrected chi connectivity index (χ3v) is 3.77. The van der Waals surface area contributed by atoms with Crippen molar-refractivity contribution in [3.63, 3.8) is 0 Å². The maximum Gasteiger partial charge on any atom is 0.309 e. The molecule has 0 bridgehead atoms. The van der Waals surface area contributed by atoms with Crippen LogP contribution >= 0.6 is 0 Å². The van der Waals surface area contributed by atoms with E-state index in [0.29, 0.717) is 11.8 Å². The number of imidazole rings is 1. The fourth-order valence-corrected chi connectivity index (χ4v) is 2.69. The molecule has 0 saturated heterocycles. The molecular weight excluding hydrogens is 264 g/mol. The number of benzene rings is 1. The molecule has 1 heterocycles. The van der Waals surface area contributed by atoms with E-state index in [1.165, 1.54) is 0 Å². The van der Waals surface area contributed by atoms with Gasteiger partial charge in [-0.25, -0.2) is 4.57 Å². The molecule has 0 unspecified atom stereocenters. The maximum absolute atomic E-state index is 11.5. The summed E-state index contributed by atoms with van der Waals surface area (Å²) in [7, 11) is 1.72. The van der Waals surface area contributed by atoms with Gasteiger partial charge in [0.2, 0.25) is 0 Å². The lowest BCUT2D eigenvalue weighted by Crippen LogP contribution is -2.41. The molecule has 0 fully saturated rings. The molecule has 21 heavy (non-hydrogen) atoms. The number of rotatable bonds is 4. The van der Waals surface area contributed by atoms with Gasteiger partial charge in [-0.2, -0.15) is 4.57 Å². The van der Waals surface area contributed by atoms with Crippen LogP contribution in [0.25, 0.3) is 5.69 Å². The van der Waals surface area contributed by atoms with Crippen LogP contribution in [0.15, 0.2) is 30.6 Å². The molecule has 0 atom stereocenters. The minimum absolute atomic E-state index is 0.157. The van der Waals surface area contributed by atoms with Crippen molar-refractivity contribution in [2.75, 3.05) is 0 Å². The Bertz CT molecular complexity index is 643. The monoisotopic (exact) mass is 286 g/mol. The van der Waals surface area contributed by atoms with Crippen LogP contribution in [0.1, 0.15) is 61.3 Å². The van der Waals surface area contributed by atoms with Gasteiger partial charge in [0.15, 0.2) is 5.97 Å². The SMILES string of the molecule is CC(C)c1cccc(C(C)C)c1-n1cc[n+](C)c1C(=O)[O-]. The second-order valence-corrected chi connectivity index (χ2v) is 5.98. The normalized spacial score (nSPS) is 11.4. The Morgan fingerprint density at radius 1 is 1.14 bits per heavy atom. The van der Waals surface area contributed by atoms with Gasteiger partial charge < -0.3 is 9.90 Å². The van der Waals surface area contributed by atoms with Crippen molar-refractivity contribution >= 4 is 5.97 Å². The summed E-state index contributed by atoms with van der Waals surface area (Å²) in [6.45, 7) is 8.46. The molecule has 0 radical (unpaired) electrons. The molecular formula is C17H22N2O2. The fourth-order valence-electron chi connectivity index (χ4n) is 2.69. The second-order valence-electron chi connectivity index (χ2n) is 5.98. The number of carbonyl (C=O) groups is 1. The summed E-state index contributed by atoms with van der Waals surface area (Å²) in [5.74, 6) is -0.400. The lowest BCUT2D eigenvalue weighted by molar-refractivity contribution is -0.675. The average molecular weight is 286 g/mol. The topological polar surface area (TPSA) is 48.9 Å². The molecule has 4 nitrogen and oxygen atoms in total. The van der Waals surface area contributed by atoms with Gasteiger partial charge in [-0.3, -0.25) is 0 Å². The molecule has 1 aromatic carbocycles. The summed E-state index contributed by atoms with van der Waals surface area (Å²) in [6.07, 6.45) is 3.53. The maximum atomic E-state index is 11.5. The number of hydrogen-bond donors (Lipinski definition) is 0. The molecule has 112 valence electrons. The molecule has 0 aliphatic rings. The van der Waals surface area contributed by atoms with E-state index >= 15 is 0 Å². The highest BCUT2D eigenvalue weighted by molar-refractivity contribution is 5.81. The fraction of sp³-hybridized carbons (Fsp3) is 0.412. The van der Waals surface area contributed by atoms with E-state index in [2.05, 4.69) is 39.8 Å². The van der Waals surface area contributed by atoms with Crippen molar-refractivity contribution in [1.82, 2.24) is 4.57 Å². The highest BCUT2D eigenvalue weighted by Gasteiger charge is 2.24. The van der Waals surface area contributed by atoms with Crippen molar-refractivity contribution in [3.8, 4) is 5.69 Å². The molecule has 0 saturated carbocycles. The first-order valence-corrected chi connectivity index (χ1v) is 7.26. The van der Waals surface area contributed by atoms with Crippen LogP contribution in [0.4, 0.5) is 0 Å². The van der Waals surface area contributed by atoms with Gasteiger partial charge in [0.05, 0.1) is 7.05 Å². The highest BCUT2D eigenvalue weighted by Crippen LogP contribution is 2.31. The van der Waals surface area contributed by atoms with Gasteiger partial charge in [-0.1, -0.05) is 45.9 Å². The van der Waals surface area contributed by atoms with Crippen LogP contribution in [0.2, 0.25) is 0 Å². The number of hydrogen-bond acceptors (Lipinski definition) is 2. The lowest BCUT2D eigenvalue weighted by Gasteiger charge is -2.17. The van der Waals surface area contributed by atoms with Crippen LogP contribution in [-0.2, 0) is 7.05 Å². The summed E-state index contributed by atoms with van der Waals surface area (Å²) >= 11 is 0. The third-order valence-electron chi connectivity index (χ3n) is 3.77. The van der Waals surface area contributed by atoms with E-state index in [-0.39, 0.29) is 5.82 Å². The number of carbonyl (C=O) groups excluding carboxylic acids is 1. The van der Waals surface area contributed by atoms with Crippen LogP contribution in [0.5, 0.6) is 0 Å². The highest BCUT2D eigenvalue weighted by atomic mass is 16.4. The third kappa shape index (κ3) is 2.71. The van der Waals surface area contributed by atoms with E-state index in [1.807, 2.05) is 6.07 Å². The summed E-state index contributed by atoms with van der Waals surface area (Å²) in [5.41, 5.74) is 3.24. The summed E-state index contributed by atoms with van der Waals surface area (Å²) in [5, 5.41) is 11.5. The molecule has 0 spiro atoms. The van der Waals surface area contributed by atoms with E-state index < -0.39 is 5.97 Å². The van der Waals surface area contributed by atoms with Crippen LogP contribution in [0, 0.1) is 0 Å². The molecule has 0 aliphatic heterocycles. The largest absolute Gasteiger partial charge is 0.538 e. The smallest absolute Gasteiger partial charge is 0.309 e. The summed E-state index contributed by atoms with van der Waals surface area (Å²) in [4.78, 5) is 11.5. The molecule has 0 aliphatic carbocycles. The quantitative estimate of drug-likeness (QED) is 0.806. The number of carboxylic acids is 1. The zero-order chi connectivity index (χ0) is 15.7. The van der Waals surface area contributed by atoms with Gasteiger partial charge in [-0.05, 0) is 11.8 Å². The first-order valence-electron chi connectivity index (χ1n) is 7.26. The Morgan fingerprint density at radius 3 is 2.10 bits per heavy atom. The van der Waals surface area contributed by atoms with E-state index in [0.717, 1.165) is 16.8 Å². The van der Waals surface area contributed by atoms with Gasteiger partial charge in [0.1, 0.15) is 18.1 Å². The zero-order valence-electron chi connectivity index (χ0n) is 13.3. The number of nitrogens with zero attached hydrogens (tertiary/aromatic N) is 2. The molecule has 0 amide bonds. The Labute approximate surface area is 125 Å². The van der Waals surface area contributed by atoms with Crippen LogP contribution in [-0.4, -0.2) is 10.5 Å². The first kappa shape index (κ1) is 15.3. The molecule has 2 aromatic rings. The lowest BCUT2D eigenvalue weighted by atomic mass is 9.92. The van der Waals surface area contributed by atoms with Gasteiger partial charge in [-0.15, -0.1) is 0 Å². The van der Waals surface area contributed by atoms with E-state index in [1.54, 1.807) is 28.6 Å². The minimum atomic E-state index is -1.17. The molecule has 1 aromatic heterocycles. The van der Waals surface area contributed by atoms with Crippen LogP contribution < -0.4 is 9.67 Å². The predicted molar refractivity (Wildman–Crippen MR) is 79.5 cm³/mol. The Morgan fingerprint density at radius 2 is 1.67 bits per heavy atom. The summed E-state index contributed by atoms with van der Waals surface area (Å²) in [6, 6.07) is 6.16. The van der Waals surface area contributed by atoms with Gasteiger partial charge in [0, 0.05) is 11.1 Å². The standard InChI is InChI=1S/C17H22N2O2/c1-11(2)13-7-6-8-14(12(3)4)15(13)19-10-9-18(5)16(19)17(20)21/h6-12H,1-5H3. The number of aromatic carboxylic acids is 1. The predicted octanol–water partition coefficient (Wildman–Crippen LogP) is 1.91. The Hall–Kier alpha value is -2.10. The number of carboxylic acid groups (broad SMARTS) is 1. The van der Waals surface area contributed by atoms with Crippen molar-refractivity contribution in [1.29, 1.82) is 0 Å². The Balaban J connectivity index is 2.82. The van der Waals surface area contributed by atoms with Gasteiger partial charge in [0.25, 0.3) is 0 Å². The minimum Gasteiger partial charge on any atom is -0.538 e. The molecule has 0 N–H and O–H groups in total. The van der Waals surface area contributed by atoms with E-state index in [4.69, 9.17) is 0 Å². The Kier molecular flexibility index (Phi) is 4.16. The molecule has 4 heteroatoms. The van der Waals surface area contributed by atoms with Crippen LogP contribution in [0.3, 0.4) is 0 Å². The van der Waals surface area contributed by atoms with Crippen molar-refractivity contribution in [2.24, 2.45) is 7.05 Å².